The summed E-state index contributed by atoms with van der Waals surface area (Å²) in [5.74, 6) is -8.24. The zero-order valence-corrected chi connectivity index (χ0v) is 24.6. The largest absolute Gasteiger partial charge is 0.504 e. The number of aromatic hydroxyl groups is 1. The molecule has 0 atom stereocenters. The van der Waals surface area contributed by atoms with Gasteiger partial charge < -0.3 is 44.5 Å². The van der Waals surface area contributed by atoms with Crippen molar-refractivity contribution in [1.82, 2.24) is 9.88 Å². The highest BCUT2D eigenvalue weighted by Gasteiger charge is 2.29. The van der Waals surface area contributed by atoms with Crippen LogP contribution in [0.1, 0.15) is 21.5 Å². The average molecular weight is 636 g/mol. The van der Waals surface area contributed by atoms with Gasteiger partial charge in [0.15, 0.2) is 23.0 Å². The van der Waals surface area contributed by atoms with Gasteiger partial charge in [-0.05, 0) is 42.5 Å². The number of nitrogens with zero attached hydrogens (tertiary/aromatic N) is 3. The molecule has 0 spiro atoms. The topological polar surface area (TPSA) is 182 Å². The molecule has 0 amide bonds. The number of nitrogen functional groups attached to an aromatic ring is 1. The van der Waals surface area contributed by atoms with Crippen molar-refractivity contribution in [2.24, 2.45) is 10.7 Å². The van der Waals surface area contributed by atoms with Crippen molar-refractivity contribution in [1.29, 1.82) is 5.41 Å². The molecule has 0 saturated carbocycles. The van der Waals surface area contributed by atoms with Gasteiger partial charge in [-0.15, -0.1) is 0 Å². The number of ether oxygens (including phenoxy) is 5. The van der Waals surface area contributed by atoms with E-state index < -0.39 is 46.6 Å². The van der Waals surface area contributed by atoms with E-state index in [1.807, 2.05) is 11.9 Å². The van der Waals surface area contributed by atoms with Gasteiger partial charge in [0.25, 0.3) is 11.8 Å². The van der Waals surface area contributed by atoms with Crippen molar-refractivity contribution in [3.8, 4) is 52.0 Å². The van der Waals surface area contributed by atoms with Crippen LogP contribution in [0.3, 0.4) is 0 Å². The van der Waals surface area contributed by atoms with Crippen LogP contribution in [0.25, 0.3) is 0 Å². The van der Waals surface area contributed by atoms with Crippen LogP contribution < -0.4 is 29.4 Å². The monoisotopic (exact) mass is 635 g/mol. The molecule has 5 N–H and O–H groups in total. The molecule has 2 heterocycles. The van der Waals surface area contributed by atoms with E-state index in [1.165, 1.54) is 26.4 Å². The maximum Gasteiger partial charge on any atom is 0.335 e. The molecule has 5 rings (SSSR count). The summed E-state index contributed by atoms with van der Waals surface area (Å²) in [5, 5.41) is 27.6. The van der Waals surface area contributed by atoms with E-state index in [0.29, 0.717) is 24.5 Å². The Hall–Kier alpha value is -6.12. The van der Waals surface area contributed by atoms with Crippen LogP contribution in [0.4, 0.5) is 8.78 Å². The van der Waals surface area contributed by atoms with Gasteiger partial charge in [-0.3, -0.25) is 10.4 Å². The van der Waals surface area contributed by atoms with Crippen molar-refractivity contribution >= 4 is 17.6 Å². The number of benzene rings is 3. The van der Waals surface area contributed by atoms with E-state index in [1.54, 1.807) is 18.2 Å². The number of aliphatic imine (C=N–C) groups is 1. The Balaban J connectivity index is 1.65. The van der Waals surface area contributed by atoms with Crippen LogP contribution in [0.5, 0.6) is 52.0 Å². The Bertz CT molecular complexity index is 1880. The third-order valence-electron chi connectivity index (χ3n) is 6.72. The van der Waals surface area contributed by atoms with Gasteiger partial charge in [0, 0.05) is 24.7 Å². The van der Waals surface area contributed by atoms with Gasteiger partial charge >= 0.3 is 5.97 Å². The number of pyridine rings is 1. The third-order valence-corrected chi connectivity index (χ3v) is 6.72. The van der Waals surface area contributed by atoms with Crippen molar-refractivity contribution in [2.75, 3.05) is 34.4 Å². The molecule has 0 saturated heterocycles. The number of carbonyl (C=O) groups is 1. The molecule has 0 fully saturated rings. The zero-order chi connectivity index (χ0) is 33.1. The van der Waals surface area contributed by atoms with Crippen molar-refractivity contribution in [3.63, 3.8) is 0 Å². The number of likely N-dealkylation sites (N-methyl/N-ethyl adjacent to an activating group) is 1. The maximum absolute atomic E-state index is 16.1. The predicted molar refractivity (Wildman–Crippen MR) is 160 cm³/mol. The standard InChI is InChI=1S/C31H27F2N5O8/c1-38-10-9-36-28(38)16-5-4-6-18(11-16)44-29-23(32)26(45-22-14-17(31(40)41)13-21(42-2)25(22)43-3)24(33)30(37-29)46-20-12-15(27(34)35)7-8-19(20)39/h4-8,11-14,39H,9-10H2,1-3H3,(H3,34,35)(H,40,41). The molecular weight excluding hydrogens is 608 g/mol. The second kappa shape index (κ2) is 12.9. The minimum atomic E-state index is -1.49. The number of hydrogen-bond acceptors (Lipinski definition) is 11. The molecule has 0 radical (unpaired) electrons. The normalized spacial score (nSPS) is 12.4. The summed E-state index contributed by atoms with van der Waals surface area (Å²) in [6, 6.07) is 12.3. The van der Waals surface area contributed by atoms with Gasteiger partial charge in [0.05, 0.1) is 26.3 Å². The number of rotatable bonds is 11. The molecule has 13 nitrogen and oxygen atoms in total. The lowest BCUT2D eigenvalue weighted by Crippen LogP contribution is -2.23. The van der Waals surface area contributed by atoms with Crippen LogP contribution in [0.2, 0.25) is 0 Å². The molecule has 0 unspecified atom stereocenters. The minimum absolute atomic E-state index is 0.0946. The number of hydrogen-bond donors (Lipinski definition) is 4. The lowest BCUT2D eigenvalue weighted by molar-refractivity contribution is 0.0696. The number of methoxy groups -OCH3 is 2. The number of aromatic nitrogens is 1. The van der Waals surface area contributed by atoms with Gasteiger partial charge in [-0.1, -0.05) is 12.1 Å². The number of nitrogens with one attached hydrogen (secondary N) is 1. The van der Waals surface area contributed by atoms with E-state index in [0.717, 1.165) is 24.3 Å². The molecule has 3 aromatic carbocycles. The van der Waals surface area contributed by atoms with Crippen LogP contribution in [-0.4, -0.2) is 72.1 Å². The smallest absolute Gasteiger partial charge is 0.335 e. The first kappa shape index (κ1) is 31.3. The first-order chi connectivity index (χ1) is 22.0. The molecular formula is C31H27F2N5O8. The highest BCUT2D eigenvalue weighted by molar-refractivity contribution is 6.00. The fourth-order valence-corrected chi connectivity index (χ4v) is 4.47. The van der Waals surface area contributed by atoms with E-state index in [4.69, 9.17) is 34.8 Å². The van der Waals surface area contributed by atoms with Gasteiger partial charge in [-0.2, -0.15) is 13.8 Å². The number of nitrogens with two attached hydrogens (primary N) is 1. The van der Waals surface area contributed by atoms with Gasteiger partial charge in [0.2, 0.25) is 23.1 Å². The van der Waals surface area contributed by atoms with Gasteiger partial charge in [0.1, 0.15) is 17.4 Å². The molecule has 1 aliphatic heterocycles. The van der Waals surface area contributed by atoms with Crippen LogP contribution in [0.15, 0.2) is 59.6 Å². The van der Waals surface area contributed by atoms with Crippen LogP contribution in [-0.2, 0) is 0 Å². The number of phenolic OH excluding ortho intramolecular Hbond substituents is 1. The number of carboxylic acids is 1. The molecule has 238 valence electrons. The molecule has 46 heavy (non-hydrogen) atoms. The first-order valence-corrected chi connectivity index (χ1v) is 13.5. The number of phenols is 1. The highest BCUT2D eigenvalue weighted by Crippen LogP contribution is 2.45. The molecule has 1 aromatic heterocycles. The van der Waals surface area contributed by atoms with Crippen LogP contribution >= 0.6 is 0 Å². The zero-order valence-electron chi connectivity index (χ0n) is 24.6. The highest BCUT2D eigenvalue weighted by atomic mass is 19.1. The van der Waals surface area contributed by atoms with E-state index in [-0.39, 0.29) is 40.0 Å². The summed E-state index contributed by atoms with van der Waals surface area (Å²) < 4.78 is 59.5. The summed E-state index contributed by atoms with van der Waals surface area (Å²) >= 11 is 0. The quantitative estimate of drug-likeness (QED) is 0.127. The molecule has 4 aromatic rings. The first-order valence-electron chi connectivity index (χ1n) is 13.5. The fourth-order valence-electron chi connectivity index (χ4n) is 4.47. The molecule has 1 aliphatic rings. The number of aromatic carboxylic acids is 1. The van der Waals surface area contributed by atoms with E-state index >= 15 is 8.78 Å². The minimum Gasteiger partial charge on any atom is -0.504 e. The fraction of sp³-hybridized carbons (Fsp3) is 0.161. The second-order valence-electron chi connectivity index (χ2n) is 9.75. The molecule has 0 aliphatic carbocycles. The summed E-state index contributed by atoms with van der Waals surface area (Å²) in [7, 11) is 4.33. The Labute approximate surface area is 260 Å². The Morgan fingerprint density at radius 1 is 0.913 bits per heavy atom. The lowest BCUT2D eigenvalue weighted by atomic mass is 10.2. The molecule has 0 bridgehead atoms. The number of halogens is 2. The van der Waals surface area contributed by atoms with Crippen LogP contribution in [0, 0.1) is 17.0 Å². The summed E-state index contributed by atoms with van der Waals surface area (Å²) in [6.07, 6.45) is 0. The van der Waals surface area contributed by atoms with Gasteiger partial charge in [-0.25, -0.2) is 4.79 Å². The van der Waals surface area contributed by atoms with E-state index in [9.17, 15) is 15.0 Å². The lowest BCUT2D eigenvalue weighted by Gasteiger charge is -2.18. The van der Waals surface area contributed by atoms with Crippen molar-refractivity contribution in [3.05, 3.63) is 82.9 Å². The van der Waals surface area contributed by atoms with Crippen molar-refractivity contribution < 1.29 is 47.5 Å². The summed E-state index contributed by atoms with van der Waals surface area (Å²) in [6.45, 7) is 1.31. The Morgan fingerprint density at radius 2 is 1.61 bits per heavy atom. The number of carboxylic acid groups (broad SMARTS) is 1. The number of amidine groups is 2. The Kier molecular flexibility index (Phi) is 8.75. The van der Waals surface area contributed by atoms with E-state index in [2.05, 4.69) is 9.98 Å². The Morgan fingerprint density at radius 3 is 2.24 bits per heavy atom. The second-order valence-corrected chi connectivity index (χ2v) is 9.75. The predicted octanol–water partition coefficient (Wildman–Crippen LogP) is 5.13. The van der Waals surface area contributed by atoms with Crippen molar-refractivity contribution in [2.45, 2.75) is 0 Å². The molecule has 15 heteroatoms. The maximum atomic E-state index is 16.1. The average Bonchev–Trinajstić information content (AvgIpc) is 3.47. The third kappa shape index (κ3) is 6.24. The summed E-state index contributed by atoms with van der Waals surface area (Å²) in [5.41, 5.74) is 6.00. The SMILES string of the molecule is COc1cc(C(=O)O)cc(Oc2c(F)c(Oc3cccc(C4=NCCN4C)c3)nc(Oc3cc(C(=N)N)ccc3O)c2F)c1OC. The summed E-state index contributed by atoms with van der Waals surface area (Å²) in [4.78, 5) is 22.0.